The number of carbonyl (C=O) groups is 2. The van der Waals surface area contributed by atoms with Crippen molar-refractivity contribution in [1.29, 1.82) is 0 Å². The van der Waals surface area contributed by atoms with E-state index in [1.54, 1.807) is 4.90 Å². The largest absolute Gasteiger partial charge is 0.460 e. The highest BCUT2D eigenvalue weighted by molar-refractivity contribution is 6.03. The third-order valence-electron chi connectivity index (χ3n) is 7.36. The number of benzene rings is 1. The van der Waals surface area contributed by atoms with Crippen LogP contribution in [0.2, 0.25) is 0 Å². The maximum absolute atomic E-state index is 13.7. The predicted octanol–water partition coefficient (Wildman–Crippen LogP) is 4.84. The average molecular weight is 448 g/mol. The van der Waals surface area contributed by atoms with Crippen molar-refractivity contribution in [3.8, 4) is 0 Å². The van der Waals surface area contributed by atoms with Crippen molar-refractivity contribution >= 4 is 22.9 Å². The lowest BCUT2D eigenvalue weighted by molar-refractivity contribution is -0.133. The molecule has 2 aliphatic rings. The fraction of sp³-hybridized carbons (Fsp3) is 0.481. The van der Waals surface area contributed by atoms with Gasteiger partial charge < -0.3 is 19.2 Å². The molecular formula is C27H33N3O3. The zero-order chi connectivity index (χ0) is 23.0. The van der Waals surface area contributed by atoms with E-state index in [4.69, 9.17) is 4.42 Å². The lowest BCUT2D eigenvalue weighted by Crippen LogP contribution is -2.65. The molecule has 2 amide bonds. The van der Waals surface area contributed by atoms with E-state index >= 15 is 0 Å². The van der Waals surface area contributed by atoms with Crippen molar-refractivity contribution < 1.29 is 14.0 Å². The molecule has 0 bridgehead atoms. The summed E-state index contributed by atoms with van der Waals surface area (Å²) in [5.74, 6) is 0.663. The van der Waals surface area contributed by atoms with Gasteiger partial charge in [-0.15, -0.1) is 0 Å². The SMILES string of the molecule is Cc1cc2c(cc3n2C[C@@](C)(C(=O)NC2CCCCC2)N(CCCc2ccccc2)C3=O)o1. The van der Waals surface area contributed by atoms with Crippen molar-refractivity contribution in [2.75, 3.05) is 6.54 Å². The van der Waals surface area contributed by atoms with E-state index in [9.17, 15) is 9.59 Å². The van der Waals surface area contributed by atoms with E-state index in [0.717, 1.165) is 49.8 Å². The smallest absolute Gasteiger partial charge is 0.271 e. The molecule has 2 aromatic heterocycles. The Labute approximate surface area is 194 Å². The average Bonchev–Trinajstić information content (AvgIpc) is 3.34. The highest BCUT2D eigenvalue weighted by Gasteiger charge is 2.48. The number of hydrogen-bond donors (Lipinski definition) is 1. The zero-order valence-corrected chi connectivity index (χ0v) is 19.6. The Balaban J connectivity index is 1.43. The molecule has 6 heteroatoms. The highest BCUT2D eigenvalue weighted by Crippen LogP contribution is 2.34. The first kappa shape index (κ1) is 21.8. The lowest BCUT2D eigenvalue weighted by Gasteiger charge is -2.45. The van der Waals surface area contributed by atoms with Gasteiger partial charge in [-0.2, -0.15) is 0 Å². The Bertz CT molecular complexity index is 1160. The number of rotatable bonds is 6. The van der Waals surface area contributed by atoms with Gasteiger partial charge in [0.05, 0.1) is 12.1 Å². The first-order chi connectivity index (χ1) is 16.0. The molecule has 0 unspecified atom stereocenters. The third-order valence-corrected chi connectivity index (χ3v) is 7.36. The van der Waals surface area contributed by atoms with Gasteiger partial charge >= 0.3 is 0 Å². The van der Waals surface area contributed by atoms with E-state index < -0.39 is 5.54 Å². The quantitative estimate of drug-likeness (QED) is 0.588. The molecule has 1 saturated carbocycles. The number of aryl methyl sites for hydroxylation is 2. The van der Waals surface area contributed by atoms with Crippen LogP contribution in [0, 0.1) is 6.92 Å². The Hall–Kier alpha value is -3.02. The number of carbonyl (C=O) groups excluding carboxylic acids is 2. The van der Waals surface area contributed by atoms with Gasteiger partial charge in [-0.25, -0.2) is 0 Å². The van der Waals surface area contributed by atoms with E-state index in [2.05, 4.69) is 17.4 Å². The van der Waals surface area contributed by atoms with Crippen LogP contribution in [0.5, 0.6) is 0 Å². The van der Waals surface area contributed by atoms with Gasteiger partial charge in [0.15, 0.2) is 5.58 Å². The first-order valence-corrected chi connectivity index (χ1v) is 12.2. The maximum atomic E-state index is 13.7. The van der Waals surface area contributed by atoms with Crippen LogP contribution in [0.4, 0.5) is 0 Å². The van der Waals surface area contributed by atoms with Gasteiger partial charge in [0.1, 0.15) is 17.0 Å². The first-order valence-electron chi connectivity index (χ1n) is 12.2. The molecule has 1 fully saturated rings. The number of hydrogen-bond acceptors (Lipinski definition) is 3. The topological polar surface area (TPSA) is 67.5 Å². The summed E-state index contributed by atoms with van der Waals surface area (Å²) < 4.78 is 7.78. The molecule has 1 aliphatic heterocycles. The standard InChI is InChI=1S/C27H33N3O3/c1-19-16-22-24(33-19)17-23-25(31)30(15-9-12-20-10-5-3-6-11-20)27(2,18-29(22)23)26(32)28-21-13-7-4-8-14-21/h3,5-6,10-11,16-17,21H,4,7-9,12-15,18H2,1-2H3,(H,28,32)/t27-/m0/s1. The second kappa shape index (κ2) is 8.73. The van der Waals surface area contributed by atoms with Crippen LogP contribution in [-0.2, 0) is 17.8 Å². The van der Waals surface area contributed by atoms with Gasteiger partial charge in [0, 0.05) is 24.7 Å². The molecule has 0 radical (unpaired) electrons. The molecule has 1 aliphatic carbocycles. The summed E-state index contributed by atoms with van der Waals surface area (Å²) in [6.07, 6.45) is 7.24. The molecule has 174 valence electrons. The monoisotopic (exact) mass is 447 g/mol. The summed E-state index contributed by atoms with van der Waals surface area (Å²) >= 11 is 0. The molecule has 3 heterocycles. The van der Waals surface area contributed by atoms with Crippen LogP contribution in [0.25, 0.3) is 11.1 Å². The van der Waals surface area contributed by atoms with Crippen molar-refractivity contribution in [2.24, 2.45) is 0 Å². The van der Waals surface area contributed by atoms with E-state index in [0.29, 0.717) is 24.4 Å². The molecule has 6 nitrogen and oxygen atoms in total. The summed E-state index contributed by atoms with van der Waals surface area (Å²) in [5, 5.41) is 3.29. The summed E-state index contributed by atoms with van der Waals surface area (Å²) in [4.78, 5) is 29.2. The number of fused-ring (bicyclic) bond motifs is 3. The van der Waals surface area contributed by atoms with Crippen molar-refractivity contribution in [3.63, 3.8) is 0 Å². The lowest BCUT2D eigenvalue weighted by atomic mass is 9.91. The summed E-state index contributed by atoms with van der Waals surface area (Å²) in [5.41, 5.74) is 2.49. The molecule has 33 heavy (non-hydrogen) atoms. The van der Waals surface area contributed by atoms with E-state index in [1.807, 2.05) is 48.7 Å². The minimum absolute atomic E-state index is 0.0461. The maximum Gasteiger partial charge on any atom is 0.271 e. The van der Waals surface area contributed by atoms with Crippen molar-refractivity contribution in [3.05, 3.63) is 59.5 Å². The van der Waals surface area contributed by atoms with Crippen LogP contribution in [0.3, 0.4) is 0 Å². The van der Waals surface area contributed by atoms with Gasteiger partial charge in [-0.1, -0.05) is 49.6 Å². The molecule has 3 aromatic rings. The van der Waals surface area contributed by atoms with Crippen molar-refractivity contribution in [1.82, 2.24) is 14.8 Å². The fourth-order valence-electron chi connectivity index (χ4n) is 5.48. The number of furan rings is 1. The second-order valence-corrected chi connectivity index (χ2v) is 9.85. The number of aromatic nitrogens is 1. The summed E-state index contributed by atoms with van der Waals surface area (Å²) in [6, 6.07) is 14.3. The number of nitrogens with zero attached hydrogens (tertiary/aromatic N) is 2. The summed E-state index contributed by atoms with van der Waals surface area (Å²) in [6.45, 7) is 4.80. The van der Waals surface area contributed by atoms with Crippen molar-refractivity contribution in [2.45, 2.75) is 76.9 Å². The second-order valence-electron chi connectivity index (χ2n) is 9.85. The zero-order valence-electron chi connectivity index (χ0n) is 19.6. The van der Waals surface area contributed by atoms with E-state index in [-0.39, 0.29) is 17.9 Å². The number of amides is 2. The van der Waals surface area contributed by atoms with Crippen LogP contribution >= 0.6 is 0 Å². The molecular weight excluding hydrogens is 414 g/mol. The Kier molecular flexibility index (Phi) is 5.77. The van der Waals surface area contributed by atoms with Crippen LogP contribution in [0.15, 0.2) is 46.9 Å². The molecule has 1 aromatic carbocycles. The third kappa shape index (κ3) is 4.07. The van der Waals surface area contributed by atoms with Crippen LogP contribution in [-0.4, -0.2) is 39.4 Å². The predicted molar refractivity (Wildman–Crippen MR) is 128 cm³/mol. The highest BCUT2D eigenvalue weighted by atomic mass is 16.3. The van der Waals surface area contributed by atoms with Gasteiger partial charge in [-0.3, -0.25) is 9.59 Å². The van der Waals surface area contributed by atoms with Crippen LogP contribution in [0.1, 0.15) is 67.3 Å². The molecule has 5 rings (SSSR count). The Morgan fingerprint density at radius 3 is 2.67 bits per heavy atom. The normalized spacial score (nSPS) is 21.4. The molecule has 1 N–H and O–H groups in total. The minimum atomic E-state index is -0.949. The number of nitrogens with one attached hydrogen (secondary N) is 1. The fourth-order valence-corrected chi connectivity index (χ4v) is 5.48. The van der Waals surface area contributed by atoms with E-state index in [1.165, 1.54) is 12.0 Å². The van der Waals surface area contributed by atoms with Crippen LogP contribution < -0.4 is 5.32 Å². The Morgan fingerprint density at radius 2 is 1.91 bits per heavy atom. The molecule has 0 spiro atoms. The minimum Gasteiger partial charge on any atom is -0.460 e. The van der Waals surface area contributed by atoms with Gasteiger partial charge in [0.25, 0.3) is 5.91 Å². The van der Waals surface area contributed by atoms with Gasteiger partial charge in [0.2, 0.25) is 5.91 Å². The summed E-state index contributed by atoms with van der Waals surface area (Å²) in [7, 11) is 0. The Morgan fingerprint density at radius 1 is 1.15 bits per heavy atom. The molecule has 1 atom stereocenters. The van der Waals surface area contributed by atoms with Gasteiger partial charge in [-0.05, 0) is 45.1 Å². The molecule has 0 saturated heterocycles.